The lowest BCUT2D eigenvalue weighted by atomic mass is 10.3. The summed E-state index contributed by atoms with van der Waals surface area (Å²) in [5.74, 6) is 0.599. The number of hydrogen-bond donors (Lipinski definition) is 2. The first-order chi connectivity index (χ1) is 10.1. The molecule has 0 radical (unpaired) electrons. The highest BCUT2D eigenvalue weighted by Gasteiger charge is 2.13. The molecule has 1 aromatic carbocycles. The van der Waals surface area contributed by atoms with Crippen LogP contribution in [-0.2, 0) is 16.4 Å². The number of aromatic nitrogens is 1. The number of nitrogens with two attached hydrogens (primary N) is 1. The Morgan fingerprint density at radius 1 is 1.29 bits per heavy atom. The summed E-state index contributed by atoms with van der Waals surface area (Å²) in [5, 5.41) is 2.77. The quantitative estimate of drug-likeness (QED) is 0.754. The average Bonchev–Trinajstić information content (AvgIpc) is 2.98. The Morgan fingerprint density at radius 3 is 2.67 bits per heavy atom. The monoisotopic (exact) mass is 327 g/mol. The molecule has 6 nitrogen and oxygen atoms in total. The Hall–Kier alpha value is -1.48. The molecule has 0 amide bonds. The molecule has 3 N–H and O–H groups in total. The van der Waals surface area contributed by atoms with Gasteiger partial charge >= 0.3 is 0 Å². The Bertz CT molecular complexity index is 640. The highest BCUT2D eigenvalue weighted by molar-refractivity contribution is 7.89. The summed E-state index contributed by atoms with van der Waals surface area (Å²) in [6.07, 6.45) is 2.28. The molecule has 0 saturated carbocycles. The summed E-state index contributed by atoms with van der Waals surface area (Å²) < 4.78 is 32.1. The smallest absolute Gasteiger partial charge is 0.240 e. The van der Waals surface area contributed by atoms with E-state index in [0.717, 1.165) is 5.01 Å². The van der Waals surface area contributed by atoms with Gasteiger partial charge in [-0.05, 0) is 24.3 Å². The van der Waals surface area contributed by atoms with E-state index in [1.54, 1.807) is 18.3 Å². The van der Waals surface area contributed by atoms with Crippen LogP contribution in [0, 0.1) is 0 Å². The number of benzene rings is 1. The third-order valence-electron chi connectivity index (χ3n) is 2.64. The van der Waals surface area contributed by atoms with E-state index in [9.17, 15) is 8.42 Å². The van der Waals surface area contributed by atoms with Crippen LogP contribution >= 0.6 is 11.3 Å². The fourth-order valence-electron chi connectivity index (χ4n) is 1.64. The van der Waals surface area contributed by atoms with Crippen molar-refractivity contribution in [3.8, 4) is 5.75 Å². The van der Waals surface area contributed by atoms with E-state index in [1.165, 1.54) is 23.5 Å². The number of nitrogens with zero attached hydrogens (tertiary/aromatic N) is 1. The first-order valence-electron chi connectivity index (χ1n) is 6.43. The maximum atomic E-state index is 12.1. The predicted molar refractivity (Wildman–Crippen MR) is 82.0 cm³/mol. The fourth-order valence-corrected chi connectivity index (χ4v) is 3.30. The van der Waals surface area contributed by atoms with Gasteiger partial charge in [0.25, 0.3) is 0 Å². The first kappa shape index (κ1) is 15.9. The van der Waals surface area contributed by atoms with Crippen molar-refractivity contribution in [3.63, 3.8) is 0 Å². The van der Waals surface area contributed by atoms with Gasteiger partial charge in [-0.3, -0.25) is 0 Å². The number of nitrogens with one attached hydrogen (secondary N) is 1. The van der Waals surface area contributed by atoms with E-state index >= 15 is 0 Å². The third-order valence-corrected chi connectivity index (χ3v) is 4.95. The normalized spacial score (nSPS) is 11.5. The molecule has 0 aliphatic carbocycles. The van der Waals surface area contributed by atoms with Crippen molar-refractivity contribution in [3.05, 3.63) is 40.8 Å². The van der Waals surface area contributed by atoms with E-state index in [1.807, 2.05) is 5.38 Å². The van der Waals surface area contributed by atoms with Crippen LogP contribution in [0.1, 0.15) is 5.01 Å². The van der Waals surface area contributed by atoms with E-state index in [4.69, 9.17) is 10.5 Å². The highest BCUT2D eigenvalue weighted by atomic mass is 32.2. The maximum Gasteiger partial charge on any atom is 0.240 e. The molecule has 114 valence electrons. The SMILES string of the molecule is NCCOc1ccc(S(=O)(=O)NCCc2nccs2)cc1. The second kappa shape index (κ2) is 7.51. The van der Waals surface area contributed by atoms with Crippen LogP contribution in [0.4, 0.5) is 0 Å². The van der Waals surface area contributed by atoms with Gasteiger partial charge < -0.3 is 10.5 Å². The lowest BCUT2D eigenvalue weighted by Gasteiger charge is -2.08. The standard InChI is InChI=1S/C13H17N3O3S2/c14-6-9-19-11-1-3-12(4-2-11)21(17,18)16-7-5-13-15-8-10-20-13/h1-4,8,10,16H,5-7,9,14H2. The Kier molecular flexibility index (Phi) is 5.68. The summed E-state index contributed by atoms with van der Waals surface area (Å²) in [7, 11) is -3.50. The van der Waals surface area contributed by atoms with Gasteiger partial charge in [-0.1, -0.05) is 0 Å². The van der Waals surface area contributed by atoms with Gasteiger partial charge in [-0.2, -0.15) is 0 Å². The van der Waals surface area contributed by atoms with Crippen LogP contribution in [-0.4, -0.2) is 33.1 Å². The third kappa shape index (κ3) is 4.78. The van der Waals surface area contributed by atoms with Gasteiger partial charge in [0, 0.05) is 31.1 Å². The second-order valence-corrected chi connectivity index (χ2v) is 6.93. The predicted octanol–water partition coefficient (Wildman–Crippen LogP) is 1.00. The van der Waals surface area contributed by atoms with Crippen LogP contribution in [0.5, 0.6) is 5.75 Å². The minimum Gasteiger partial charge on any atom is -0.492 e. The Labute approximate surface area is 128 Å². The summed E-state index contributed by atoms with van der Waals surface area (Å²) in [6, 6.07) is 6.26. The van der Waals surface area contributed by atoms with E-state index < -0.39 is 10.0 Å². The number of thiazole rings is 1. The van der Waals surface area contributed by atoms with Crippen LogP contribution in [0.25, 0.3) is 0 Å². The van der Waals surface area contributed by atoms with E-state index in [0.29, 0.717) is 31.9 Å². The zero-order valence-electron chi connectivity index (χ0n) is 11.4. The maximum absolute atomic E-state index is 12.1. The van der Waals surface area contributed by atoms with E-state index in [2.05, 4.69) is 9.71 Å². The minimum atomic E-state index is -3.50. The average molecular weight is 327 g/mol. The van der Waals surface area contributed by atoms with Gasteiger partial charge in [0.15, 0.2) is 0 Å². The van der Waals surface area contributed by atoms with Crippen molar-refractivity contribution in [2.75, 3.05) is 19.7 Å². The van der Waals surface area contributed by atoms with Gasteiger partial charge in [-0.25, -0.2) is 18.1 Å². The molecule has 21 heavy (non-hydrogen) atoms. The van der Waals surface area contributed by atoms with Crippen LogP contribution in [0.3, 0.4) is 0 Å². The number of ether oxygens (including phenoxy) is 1. The molecule has 0 unspecified atom stereocenters. The Balaban J connectivity index is 1.92. The van der Waals surface area contributed by atoms with Crippen molar-refractivity contribution in [1.29, 1.82) is 0 Å². The number of sulfonamides is 1. The van der Waals surface area contributed by atoms with Gasteiger partial charge in [0.1, 0.15) is 12.4 Å². The number of hydrogen-bond acceptors (Lipinski definition) is 6. The molecular weight excluding hydrogens is 310 g/mol. The van der Waals surface area contributed by atoms with Crippen LogP contribution in [0.15, 0.2) is 40.7 Å². The zero-order chi connectivity index (χ0) is 15.1. The molecular formula is C13H17N3O3S2. The lowest BCUT2D eigenvalue weighted by Crippen LogP contribution is -2.25. The summed E-state index contributed by atoms with van der Waals surface area (Å²) >= 11 is 1.51. The number of rotatable bonds is 8. The molecule has 0 fully saturated rings. The van der Waals surface area contributed by atoms with Crippen molar-refractivity contribution in [2.24, 2.45) is 5.73 Å². The van der Waals surface area contributed by atoms with Crippen molar-refractivity contribution < 1.29 is 13.2 Å². The Morgan fingerprint density at radius 2 is 2.05 bits per heavy atom. The first-order valence-corrected chi connectivity index (χ1v) is 8.79. The van der Waals surface area contributed by atoms with Crippen molar-refractivity contribution in [2.45, 2.75) is 11.3 Å². The molecule has 0 aliphatic rings. The molecule has 1 aromatic heterocycles. The van der Waals surface area contributed by atoms with Crippen molar-refractivity contribution in [1.82, 2.24) is 9.71 Å². The van der Waals surface area contributed by atoms with Gasteiger partial charge in [0.2, 0.25) is 10.0 Å². The molecule has 0 aliphatic heterocycles. The molecule has 8 heteroatoms. The van der Waals surface area contributed by atoms with Crippen LogP contribution < -0.4 is 15.2 Å². The fraction of sp³-hybridized carbons (Fsp3) is 0.308. The topological polar surface area (TPSA) is 94.3 Å². The molecule has 0 bridgehead atoms. The molecule has 2 aromatic rings. The minimum absolute atomic E-state index is 0.210. The zero-order valence-corrected chi connectivity index (χ0v) is 13.0. The van der Waals surface area contributed by atoms with Gasteiger partial charge in [0.05, 0.1) is 9.90 Å². The van der Waals surface area contributed by atoms with Crippen molar-refractivity contribution >= 4 is 21.4 Å². The molecule has 1 heterocycles. The summed E-state index contributed by atoms with van der Waals surface area (Å²) in [4.78, 5) is 4.32. The molecule has 0 spiro atoms. The summed E-state index contributed by atoms with van der Waals surface area (Å²) in [6.45, 7) is 1.14. The second-order valence-electron chi connectivity index (χ2n) is 4.18. The van der Waals surface area contributed by atoms with E-state index in [-0.39, 0.29) is 4.90 Å². The van der Waals surface area contributed by atoms with Gasteiger partial charge in [-0.15, -0.1) is 11.3 Å². The lowest BCUT2D eigenvalue weighted by molar-refractivity contribution is 0.328. The highest BCUT2D eigenvalue weighted by Crippen LogP contribution is 2.15. The largest absolute Gasteiger partial charge is 0.492 e. The molecule has 0 atom stereocenters. The summed E-state index contributed by atoms with van der Waals surface area (Å²) in [5.41, 5.74) is 5.34. The molecule has 2 rings (SSSR count). The molecule has 0 saturated heterocycles. The van der Waals surface area contributed by atoms with Crippen LogP contribution in [0.2, 0.25) is 0 Å².